The topological polar surface area (TPSA) is 104 Å². The molecule has 0 radical (unpaired) electrons. The van der Waals surface area contributed by atoms with E-state index >= 15 is 0 Å². The summed E-state index contributed by atoms with van der Waals surface area (Å²) in [4.78, 5) is 11.3. The molecule has 1 N–H and O–H groups in total. The van der Waals surface area contributed by atoms with Gasteiger partial charge >= 0.3 is 57.4 Å². The Morgan fingerprint density at radius 1 is 1.50 bits per heavy atom. The molecule has 0 rings (SSSR count). The maximum Gasteiger partial charge on any atom is 1.00 e. The number of hydrogen-bond donors (Lipinski definition) is 1. The van der Waals surface area contributed by atoms with Gasteiger partial charge in [0, 0.05) is 17.3 Å². The summed E-state index contributed by atoms with van der Waals surface area (Å²) < 4.78 is 35.6. The van der Waals surface area contributed by atoms with Crippen LogP contribution < -0.4 is 51.4 Å². The van der Waals surface area contributed by atoms with E-state index in [1.807, 2.05) is 0 Å². The van der Waals surface area contributed by atoms with E-state index in [1.54, 1.807) is 6.92 Å². The second-order valence-corrected chi connectivity index (χ2v) is 6.16. The van der Waals surface area contributed by atoms with E-state index < -0.39 is 21.8 Å². The molecule has 0 saturated heterocycles. The number of thioether (sulfide) groups is 1. The number of carbonyl (C=O) groups excluding carboxylic acids is 1. The van der Waals surface area contributed by atoms with Crippen LogP contribution in [0.25, 0.3) is 0 Å². The molecule has 0 heterocycles. The molecule has 0 bridgehead atoms. The molecule has 0 saturated carbocycles. The molecule has 0 spiro atoms. The molecule has 1 atom stereocenters. The van der Waals surface area contributed by atoms with Crippen LogP contribution in [0, 0.1) is 5.92 Å². The number of aliphatic hydroxyl groups is 1. The van der Waals surface area contributed by atoms with Crippen molar-refractivity contribution >= 4 is 27.8 Å². The number of hydrogen-bond acceptors (Lipinski definition) is 7. The average molecular weight is 324 g/mol. The molecule has 0 aromatic carbocycles. The number of ether oxygens (including phenoxy) is 1. The summed E-state index contributed by atoms with van der Waals surface area (Å²) in [6, 6.07) is 0. The van der Waals surface area contributed by atoms with Gasteiger partial charge in [-0.05, 0) is 6.42 Å². The molecule has 0 aliphatic heterocycles. The van der Waals surface area contributed by atoms with Crippen LogP contribution >= 0.6 is 11.8 Å². The van der Waals surface area contributed by atoms with Crippen molar-refractivity contribution < 1.29 is 79.0 Å². The largest absolute Gasteiger partial charge is 1.00 e. The van der Waals surface area contributed by atoms with E-state index in [1.165, 1.54) is 11.8 Å². The fourth-order valence-electron chi connectivity index (χ4n) is 0.943. The Morgan fingerprint density at radius 3 is 2.61 bits per heavy atom. The third-order valence-corrected chi connectivity index (χ3v) is 3.78. The zero-order valence-corrected chi connectivity index (χ0v) is 15.4. The van der Waals surface area contributed by atoms with Gasteiger partial charge in [-0.1, -0.05) is 6.92 Å². The van der Waals surface area contributed by atoms with Crippen LogP contribution in [0.4, 0.5) is 0 Å². The molecular weight excluding hydrogens is 307 g/mol. The third-order valence-electron chi connectivity index (χ3n) is 1.79. The van der Waals surface area contributed by atoms with Gasteiger partial charge in [0.1, 0.15) is 0 Å². The minimum atomic E-state index is -4.23. The molecule has 0 aromatic heterocycles. The van der Waals surface area contributed by atoms with Crippen molar-refractivity contribution in [3.05, 3.63) is 0 Å². The molecule has 6 nitrogen and oxygen atoms in total. The van der Waals surface area contributed by atoms with Crippen molar-refractivity contribution in [2.24, 2.45) is 5.92 Å². The minimum absolute atomic E-state index is 0. The van der Waals surface area contributed by atoms with Crippen molar-refractivity contribution in [3.8, 4) is 0 Å². The predicted octanol–water partition coefficient (Wildman–Crippen LogP) is -3.17. The van der Waals surface area contributed by atoms with Crippen molar-refractivity contribution in [1.29, 1.82) is 0 Å². The van der Waals surface area contributed by atoms with Gasteiger partial charge in [0.15, 0.2) is 0 Å². The first-order chi connectivity index (χ1) is 7.87. The van der Waals surface area contributed by atoms with Gasteiger partial charge in [0.25, 0.3) is 0 Å². The standard InChI is InChI=1S/C9H18O6S2.K/c1-8(7-16-5-3-10)9(11)15-4-2-6-17(12,13)14;/h8,10H,2-7H2,1H3,(H,12,13,14);/q;+1/p-1. The van der Waals surface area contributed by atoms with Gasteiger partial charge in [0.2, 0.25) is 0 Å². The molecule has 0 aliphatic rings. The van der Waals surface area contributed by atoms with E-state index in [4.69, 9.17) is 9.84 Å². The Balaban J connectivity index is 0. The molecule has 0 aromatic rings. The van der Waals surface area contributed by atoms with Crippen molar-refractivity contribution in [2.75, 3.05) is 30.5 Å². The van der Waals surface area contributed by atoms with Crippen LogP contribution in [-0.4, -0.2) is 54.5 Å². The molecule has 0 aliphatic carbocycles. The Bertz CT molecular complexity index is 319. The number of esters is 1. The molecular formula is C9H17KO6S2. The molecule has 1 unspecified atom stereocenters. The normalized spacial score (nSPS) is 12.6. The van der Waals surface area contributed by atoms with Crippen molar-refractivity contribution in [3.63, 3.8) is 0 Å². The van der Waals surface area contributed by atoms with Crippen LogP contribution in [0.3, 0.4) is 0 Å². The first kappa shape index (κ1) is 21.6. The van der Waals surface area contributed by atoms with E-state index in [2.05, 4.69) is 0 Å². The molecule has 0 amide bonds. The van der Waals surface area contributed by atoms with Gasteiger partial charge in [-0.3, -0.25) is 4.79 Å². The number of aliphatic hydroxyl groups excluding tert-OH is 1. The monoisotopic (exact) mass is 324 g/mol. The summed E-state index contributed by atoms with van der Waals surface area (Å²) in [5.74, 6) is -0.145. The van der Waals surface area contributed by atoms with Gasteiger partial charge in [-0.25, -0.2) is 8.42 Å². The predicted molar refractivity (Wildman–Crippen MR) is 63.7 cm³/mol. The number of carbonyl (C=O) groups is 1. The van der Waals surface area contributed by atoms with Gasteiger partial charge in [0.05, 0.1) is 29.2 Å². The van der Waals surface area contributed by atoms with Crippen LogP contribution in [0.1, 0.15) is 13.3 Å². The third kappa shape index (κ3) is 13.8. The van der Waals surface area contributed by atoms with Gasteiger partial charge < -0.3 is 14.4 Å². The Labute approximate surface area is 154 Å². The first-order valence-electron chi connectivity index (χ1n) is 5.15. The first-order valence-corrected chi connectivity index (χ1v) is 7.89. The maximum atomic E-state index is 11.3. The maximum absolute atomic E-state index is 11.3. The van der Waals surface area contributed by atoms with Gasteiger partial charge in [-0.15, -0.1) is 0 Å². The molecule has 102 valence electrons. The summed E-state index contributed by atoms with van der Waals surface area (Å²) in [7, 11) is -4.23. The quantitative estimate of drug-likeness (QED) is 0.206. The van der Waals surface area contributed by atoms with E-state index in [0.29, 0.717) is 11.5 Å². The van der Waals surface area contributed by atoms with E-state index in [0.717, 1.165) is 0 Å². The van der Waals surface area contributed by atoms with Crippen molar-refractivity contribution in [1.82, 2.24) is 0 Å². The summed E-state index contributed by atoms with van der Waals surface area (Å²) in [5.41, 5.74) is 0. The van der Waals surface area contributed by atoms with Crippen LogP contribution in [0.15, 0.2) is 0 Å². The van der Waals surface area contributed by atoms with Crippen molar-refractivity contribution in [2.45, 2.75) is 13.3 Å². The second kappa shape index (κ2) is 12.1. The molecule has 9 heteroatoms. The summed E-state index contributed by atoms with van der Waals surface area (Å²) >= 11 is 1.44. The Kier molecular flexibility index (Phi) is 14.5. The number of rotatable bonds is 9. The van der Waals surface area contributed by atoms with Crippen LogP contribution in [-0.2, 0) is 19.6 Å². The minimum Gasteiger partial charge on any atom is -0.748 e. The van der Waals surface area contributed by atoms with Crippen LogP contribution in [0.2, 0.25) is 0 Å². The fraction of sp³-hybridized carbons (Fsp3) is 0.889. The zero-order valence-electron chi connectivity index (χ0n) is 10.6. The Morgan fingerprint density at radius 2 is 2.11 bits per heavy atom. The van der Waals surface area contributed by atoms with E-state index in [-0.39, 0.29) is 76.9 Å². The smallest absolute Gasteiger partial charge is 0.748 e. The second-order valence-electron chi connectivity index (χ2n) is 3.48. The summed E-state index contributed by atoms with van der Waals surface area (Å²) in [5, 5.41) is 8.54. The average Bonchev–Trinajstić information content (AvgIpc) is 2.23. The molecule has 18 heavy (non-hydrogen) atoms. The van der Waals surface area contributed by atoms with Crippen LogP contribution in [0.5, 0.6) is 0 Å². The van der Waals surface area contributed by atoms with Gasteiger partial charge in [-0.2, -0.15) is 11.8 Å². The summed E-state index contributed by atoms with van der Waals surface area (Å²) in [6.07, 6.45) is 0.0219. The Hall–Kier alpha value is 1.33. The fourth-order valence-corrected chi connectivity index (χ4v) is 2.20. The zero-order chi connectivity index (χ0) is 13.3. The van der Waals surface area contributed by atoms with E-state index in [9.17, 15) is 17.8 Å². The summed E-state index contributed by atoms with van der Waals surface area (Å²) in [6.45, 7) is 1.69. The molecule has 0 fully saturated rings. The SMILES string of the molecule is CC(CSCCO)C(=O)OCCCS(=O)(=O)[O-].[K+].